The molecule has 2 heterocycles. The van der Waals surface area contributed by atoms with Gasteiger partial charge in [0.05, 0.1) is 12.5 Å². The van der Waals surface area contributed by atoms with Gasteiger partial charge in [0.2, 0.25) is 0 Å². The lowest BCUT2D eigenvalue weighted by Crippen LogP contribution is -2.38. The standard InChI is InChI=1S/C19H20N2O3/c1-24-18(23)19-9-4-6-14(19)11-21(12-19)17(22)16-15-7-3-2-5-13(15)8-10-20-16/h2-3,5,7-8,10,14H,4,6,9,11-12H2,1H3/t14-,19+/m0/s1. The van der Waals surface area contributed by atoms with Crippen molar-refractivity contribution in [3.8, 4) is 0 Å². The molecule has 0 unspecified atom stereocenters. The highest BCUT2D eigenvalue weighted by molar-refractivity contribution is 6.05. The molecule has 1 aliphatic carbocycles. The summed E-state index contributed by atoms with van der Waals surface area (Å²) >= 11 is 0. The zero-order chi connectivity index (χ0) is 16.7. The van der Waals surface area contributed by atoms with Gasteiger partial charge >= 0.3 is 5.97 Å². The van der Waals surface area contributed by atoms with E-state index in [4.69, 9.17) is 4.74 Å². The number of rotatable bonds is 2. The van der Waals surface area contributed by atoms with Crippen LogP contribution in [0.15, 0.2) is 36.5 Å². The predicted molar refractivity (Wildman–Crippen MR) is 89.4 cm³/mol. The highest BCUT2D eigenvalue weighted by Gasteiger charge is 2.56. The van der Waals surface area contributed by atoms with Gasteiger partial charge in [0.1, 0.15) is 5.69 Å². The molecule has 5 heteroatoms. The zero-order valence-electron chi connectivity index (χ0n) is 13.7. The molecule has 2 aliphatic rings. The number of esters is 1. The molecule has 1 amide bonds. The number of benzene rings is 1. The van der Waals surface area contributed by atoms with Gasteiger partial charge in [-0.25, -0.2) is 0 Å². The summed E-state index contributed by atoms with van der Waals surface area (Å²) in [5.74, 6) is -0.0699. The number of amides is 1. The monoisotopic (exact) mass is 324 g/mol. The summed E-state index contributed by atoms with van der Waals surface area (Å²) in [6.07, 6.45) is 4.47. The minimum absolute atomic E-state index is 0.0931. The van der Waals surface area contributed by atoms with E-state index in [9.17, 15) is 9.59 Å². The first-order chi connectivity index (χ1) is 11.7. The number of ether oxygens (including phenoxy) is 1. The van der Waals surface area contributed by atoms with Crippen molar-refractivity contribution in [1.82, 2.24) is 9.88 Å². The molecule has 2 aromatic rings. The maximum Gasteiger partial charge on any atom is 0.313 e. The number of hydrogen-bond acceptors (Lipinski definition) is 4. The number of nitrogens with zero attached hydrogens (tertiary/aromatic N) is 2. The number of pyridine rings is 1. The molecule has 1 aliphatic heterocycles. The minimum atomic E-state index is -0.519. The fourth-order valence-corrected chi connectivity index (χ4v) is 4.42. The van der Waals surface area contributed by atoms with E-state index in [1.807, 2.05) is 30.3 Å². The quantitative estimate of drug-likeness (QED) is 0.797. The van der Waals surface area contributed by atoms with Crippen LogP contribution in [-0.4, -0.2) is 42.0 Å². The summed E-state index contributed by atoms with van der Waals surface area (Å²) in [6, 6.07) is 9.66. The van der Waals surface area contributed by atoms with E-state index < -0.39 is 5.41 Å². The molecule has 2 fully saturated rings. The molecule has 24 heavy (non-hydrogen) atoms. The second-order valence-corrected chi connectivity index (χ2v) is 6.80. The van der Waals surface area contributed by atoms with E-state index in [-0.39, 0.29) is 17.8 Å². The topological polar surface area (TPSA) is 59.5 Å². The second kappa shape index (κ2) is 5.58. The molecule has 0 N–H and O–H groups in total. The van der Waals surface area contributed by atoms with Crippen LogP contribution in [0.2, 0.25) is 0 Å². The predicted octanol–water partition coefficient (Wildman–Crippen LogP) is 2.65. The fraction of sp³-hybridized carbons (Fsp3) is 0.421. The molecule has 1 aromatic carbocycles. The van der Waals surface area contributed by atoms with Crippen LogP contribution in [0, 0.1) is 11.3 Å². The Kier molecular flexibility index (Phi) is 3.52. The molecule has 1 saturated carbocycles. The van der Waals surface area contributed by atoms with Crippen LogP contribution < -0.4 is 0 Å². The average molecular weight is 324 g/mol. The zero-order valence-corrected chi connectivity index (χ0v) is 13.7. The SMILES string of the molecule is COC(=O)[C@@]12CCC[C@H]1CN(C(=O)c1nccc3ccccc13)C2. The molecule has 4 rings (SSSR count). The van der Waals surface area contributed by atoms with Gasteiger partial charge in [0.15, 0.2) is 0 Å². The summed E-state index contributed by atoms with van der Waals surface area (Å²) < 4.78 is 5.05. The Labute approximate surface area is 140 Å². The lowest BCUT2D eigenvalue weighted by atomic mass is 9.81. The number of aromatic nitrogens is 1. The van der Waals surface area contributed by atoms with Crippen molar-refractivity contribution in [2.75, 3.05) is 20.2 Å². The van der Waals surface area contributed by atoms with Crippen LogP contribution in [0.25, 0.3) is 10.8 Å². The summed E-state index contributed by atoms with van der Waals surface area (Å²) in [5.41, 5.74) is -0.0530. The van der Waals surface area contributed by atoms with Gasteiger partial charge in [0.25, 0.3) is 5.91 Å². The van der Waals surface area contributed by atoms with Gasteiger partial charge in [-0.2, -0.15) is 0 Å². The summed E-state index contributed by atoms with van der Waals surface area (Å²) in [4.78, 5) is 31.5. The van der Waals surface area contributed by atoms with Gasteiger partial charge < -0.3 is 9.64 Å². The van der Waals surface area contributed by atoms with Crippen LogP contribution >= 0.6 is 0 Å². The molecule has 2 atom stereocenters. The van der Waals surface area contributed by atoms with Crippen molar-refractivity contribution in [1.29, 1.82) is 0 Å². The molecule has 1 saturated heterocycles. The van der Waals surface area contributed by atoms with Crippen LogP contribution in [-0.2, 0) is 9.53 Å². The van der Waals surface area contributed by atoms with Crippen molar-refractivity contribution in [3.05, 3.63) is 42.2 Å². The van der Waals surface area contributed by atoms with Crippen LogP contribution in [0.4, 0.5) is 0 Å². The van der Waals surface area contributed by atoms with E-state index in [2.05, 4.69) is 4.98 Å². The first-order valence-electron chi connectivity index (χ1n) is 8.37. The van der Waals surface area contributed by atoms with Crippen molar-refractivity contribution < 1.29 is 14.3 Å². The Bertz CT molecular complexity index is 814. The lowest BCUT2D eigenvalue weighted by Gasteiger charge is -2.25. The average Bonchev–Trinajstić information content (AvgIpc) is 3.18. The van der Waals surface area contributed by atoms with Crippen molar-refractivity contribution >= 4 is 22.6 Å². The van der Waals surface area contributed by atoms with Crippen molar-refractivity contribution in [3.63, 3.8) is 0 Å². The van der Waals surface area contributed by atoms with E-state index in [0.29, 0.717) is 18.8 Å². The first kappa shape index (κ1) is 15.1. The fourth-order valence-electron chi connectivity index (χ4n) is 4.42. The van der Waals surface area contributed by atoms with Crippen LogP contribution in [0.5, 0.6) is 0 Å². The molecule has 0 bridgehead atoms. The highest BCUT2D eigenvalue weighted by Crippen LogP contribution is 2.49. The smallest absolute Gasteiger partial charge is 0.313 e. The van der Waals surface area contributed by atoms with Gasteiger partial charge in [-0.3, -0.25) is 14.6 Å². The Hall–Kier alpha value is -2.43. The molecule has 5 nitrogen and oxygen atoms in total. The number of likely N-dealkylation sites (tertiary alicyclic amines) is 1. The normalized spacial score (nSPS) is 25.7. The van der Waals surface area contributed by atoms with Crippen molar-refractivity contribution in [2.24, 2.45) is 11.3 Å². The van der Waals surface area contributed by atoms with E-state index >= 15 is 0 Å². The third-order valence-electron chi connectivity index (χ3n) is 5.63. The highest BCUT2D eigenvalue weighted by atomic mass is 16.5. The number of hydrogen-bond donors (Lipinski definition) is 0. The third-order valence-corrected chi connectivity index (χ3v) is 5.63. The van der Waals surface area contributed by atoms with Gasteiger partial charge in [-0.1, -0.05) is 30.7 Å². The van der Waals surface area contributed by atoms with E-state index in [0.717, 1.165) is 30.0 Å². The summed E-state index contributed by atoms with van der Waals surface area (Å²) in [6.45, 7) is 1.05. The second-order valence-electron chi connectivity index (χ2n) is 6.80. The third kappa shape index (κ3) is 2.11. The Balaban J connectivity index is 1.68. The molecular formula is C19H20N2O3. The Morgan fingerprint density at radius 3 is 2.96 bits per heavy atom. The van der Waals surface area contributed by atoms with Gasteiger partial charge in [-0.15, -0.1) is 0 Å². The van der Waals surface area contributed by atoms with Crippen LogP contribution in [0.3, 0.4) is 0 Å². The van der Waals surface area contributed by atoms with Gasteiger partial charge in [-0.05, 0) is 30.2 Å². The molecule has 1 aromatic heterocycles. The van der Waals surface area contributed by atoms with E-state index in [1.54, 1.807) is 11.1 Å². The van der Waals surface area contributed by atoms with E-state index in [1.165, 1.54) is 7.11 Å². The number of carbonyl (C=O) groups is 2. The molecule has 0 spiro atoms. The van der Waals surface area contributed by atoms with Crippen LogP contribution in [0.1, 0.15) is 29.8 Å². The maximum atomic E-state index is 13.1. The number of methoxy groups -OCH3 is 1. The Morgan fingerprint density at radius 1 is 1.29 bits per heavy atom. The Morgan fingerprint density at radius 2 is 2.12 bits per heavy atom. The molecule has 124 valence electrons. The summed E-state index contributed by atoms with van der Waals surface area (Å²) in [5, 5.41) is 1.85. The number of carbonyl (C=O) groups excluding carboxylic acids is 2. The lowest BCUT2D eigenvalue weighted by molar-refractivity contribution is -0.153. The molecule has 0 radical (unpaired) electrons. The maximum absolute atomic E-state index is 13.1. The van der Waals surface area contributed by atoms with Gasteiger partial charge in [0, 0.05) is 24.7 Å². The summed E-state index contributed by atoms with van der Waals surface area (Å²) in [7, 11) is 1.43. The van der Waals surface area contributed by atoms with Crippen molar-refractivity contribution in [2.45, 2.75) is 19.3 Å². The molecular weight excluding hydrogens is 304 g/mol. The number of fused-ring (bicyclic) bond motifs is 2. The first-order valence-corrected chi connectivity index (χ1v) is 8.37. The minimum Gasteiger partial charge on any atom is -0.469 e. The largest absolute Gasteiger partial charge is 0.469 e.